The molecule has 0 aliphatic rings. The average Bonchev–Trinajstić information content (AvgIpc) is 2.43. The van der Waals surface area contributed by atoms with Crippen LogP contribution in [0.3, 0.4) is 0 Å². The standard InChI is InChI=1S/C15H12Cl3NO2S/c16-11-4-1-3-10(7-11)8-22(21)9-14(20)19-13-6-2-5-12(17)15(13)18/h1-7H,8-9H2,(H,19,20). The van der Waals surface area contributed by atoms with Gasteiger partial charge in [0.05, 0.1) is 15.7 Å². The highest BCUT2D eigenvalue weighted by atomic mass is 35.5. The molecule has 0 aliphatic carbocycles. The first-order chi connectivity index (χ1) is 10.5. The van der Waals surface area contributed by atoms with Crippen LogP contribution in [0.4, 0.5) is 5.69 Å². The van der Waals surface area contributed by atoms with Crippen LogP contribution in [0.2, 0.25) is 15.1 Å². The van der Waals surface area contributed by atoms with Crippen LogP contribution >= 0.6 is 34.8 Å². The Balaban J connectivity index is 1.94. The van der Waals surface area contributed by atoms with E-state index in [0.717, 1.165) is 5.56 Å². The maximum Gasteiger partial charge on any atom is 0.237 e. The van der Waals surface area contributed by atoms with Crippen molar-refractivity contribution in [1.82, 2.24) is 0 Å². The summed E-state index contributed by atoms with van der Waals surface area (Å²) >= 11 is 17.7. The molecule has 2 aromatic rings. The summed E-state index contributed by atoms with van der Waals surface area (Å²) in [6.45, 7) is 0. The molecule has 116 valence electrons. The van der Waals surface area contributed by atoms with Gasteiger partial charge in [0.25, 0.3) is 0 Å². The Morgan fingerprint density at radius 2 is 1.82 bits per heavy atom. The van der Waals surface area contributed by atoms with Crippen molar-refractivity contribution in [2.24, 2.45) is 0 Å². The van der Waals surface area contributed by atoms with Crippen LogP contribution in [0.25, 0.3) is 0 Å². The molecule has 2 aromatic carbocycles. The third-order valence-corrected chi connectivity index (χ3v) is 5.03. The zero-order chi connectivity index (χ0) is 16.1. The molecule has 0 fully saturated rings. The Hall–Kier alpha value is -1.07. The number of rotatable bonds is 5. The van der Waals surface area contributed by atoms with Gasteiger partial charge in [-0.25, -0.2) is 0 Å². The van der Waals surface area contributed by atoms with E-state index < -0.39 is 10.8 Å². The van der Waals surface area contributed by atoms with Gasteiger partial charge in [-0.15, -0.1) is 0 Å². The summed E-state index contributed by atoms with van der Waals surface area (Å²) in [5.41, 5.74) is 1.22. The van der Waals surface area contributed by atoms with Gasteiger partial charge in [-0.2, -0.15) is 0 Å². The molecule has 1 atom stereocenters. The van der Waals surface area contributed by atoms with E-state index >= 15 is 0 Å². The number of carbonyl (C=O) groups is 1. The van der Waals surface area contributed by atoms with Crippen LogP contribution in [0.15, 0.2) is 42.5 Å². The molecule has 7 heteroatoms. The highest BCUT2D eigenvalue weighted by molar-refractivity contribution is 7.84. The van der Waals surface area contributed by atoms with E-state index in [9.17, 15) is 9.00 Å². The third kappa shape index (κ3) is 4.99. The number of amides is 1. The van der Waals surface area contributed by atoms with Gasteiger partial charge in [-0.1, -0.05) is 53.0 Å². The van der Waals surface area contributed by atoms with Crippen molar-refractivity contribution >= 4 is 57.2 Å². The van der Waals surface area contributed by atoms with E-state index in [0.29, 0.717) is 15.7 Å². The lowest BCUT2D eigenvalue weighted by Crippen LogP contribution is -2.20. The van der Waals surface area contributed by atoms with Crippen molar-refractivity contribution in [1.29, 1.82) is 0 Å². The average molecular weight is 377 g/mol. The van der Waals surface area contributed by atoms with Gasteiger partial charge < -0.3 is 5.32 Å². The zero-order valence-electron chi connectivity index (χ0n) is 11.3. The monoisotopic (exact) mass is 375 g/mol. The molecular weight excluding hydrogens is 365 g/mol. The summed E-state index contributed by atoms with van der Waals surface area (Å²) in [5.74, 6) is -0.253. The van der Waals surface area contributed by atoms with Crippen LogP contribution in [0, 0.1) is 0 Å². The number of anilines is 1. The molecule has 3 nitrogen and oxygen atoms in total. The molecule has 0 saturated carbocycles. The van der Waals surface area contributed by atoms with Crippen LogP contribution in [0.1, 0.15) is 5.56 Å². The van der Waals surface area contributed by atoms with E-state index in [2.05, 4.69) is 5.32 Å². The molecule has 22 heavy (non-hydrogen) atoms. The number of benzene rings is 2. The highest BCUT2D eigenvalue weighted by Gasteiger charge is 2.12. The van der Waals surface area contributed by atoms with Crippen molar-refractivity contribution in [3.8, 4) is 0 Å². The van der Waals surface area contributed by atoms with E-state index in [4.69, 9.17) is 34.8 Å². The molecule has 0 aliphatic heterocycles. The number of nitrogens with one attached hydrogen (secondary N) is 1. The minimum Gasteiger partial charge on any atom is -0.324 e. The number of carbonyl (C=O) groups excluding carboxylic acids is 1. The second-order valence-corrected chi connectivity index (χ2v) is 7.19. The summed E-state index contributed by atoms with van der Waals surface area (Å²) < 4.78 is 12.0. The molecule has 0 aromatic heterocycles. The Kier molecular flexibility index (Phi) is 6.26. The first-order valence-electron chi connectivity index (χ1n) is 6.29. The number of hydrogen-bond donors (Lipinski definition) is 1. The molecule has 1 unspecified atom stereocenters. The highest BCUT2D eigenvalue weighted by Crippen LogP contribution is 2.29. The largest absolute Gasteiger partial charge is 0.324 e. The third-order valence-electron chi connectivity index (χ3n) is 2.73. The van der Waals surface area contributed by atoms with Crippen molar-refractivity contribution in [3.63, 3.8) is 0 Å². The predicted molar refractivity (Wildman–Crippen MR) is 93.3 cm³/mol. The summed E-state index contributed by atoms with van der Waals surface area (Å²) in [4.78, 5) is 11.9. The normalized spacial score (nSPS) is 12.0. The molecule has 0 heterocycles. The van der Waals surface area contributed by atoms with Gasteiger partial charge >= 0.3 is 0 Å². The predicted octanol–water partition coefficient (Wildman–Crippen LogP) is 4.53. The van der Waals surface area contributed by atoms with Crippen LogP contribution in [0.5, 0.6) is 0 Å². The molecule has 0 bridgehead atoms. The first-order valence-corrected chi connectivity index (χ1v) is 8.91. The number of halogens is 3. The van der Waals surface area contributed by atoms with E-state index in [1.165, 1.54) is 0 Å². The molecular formula is C15H12Cl3NO2S. The Bertz CT molecular complexity index is 722. The van der Waals surface area contributed by atoms with E-state index in [-0.39, 0.29) is 22.4 Å². The topological polar surface area (TPSA) is 46.2 Å². The Morgan fingerprint density at radius 1 is 1.09 bits per heavy atom. The minimum absolute atomic E-state index is 0.130. The fourth-order valence-electron chi connectivity index (χ4n) is 1.80. The van der Waals surface area contributed by atoms with Crippen molar-refractivity contribution in [2.45, 2.75) is 5.75 Å². The maximum absolute atomic E-state index is 12.0. The van der Waals surface area contributed by atoms with Crippen LogP contribution in [-0.2, 0) is 21.3 Å². The second-order valence-electron chi connectivity index (χ2n) is 4.51. The second kappa shape index (κ2) is 7.97. The van der Waals surface area contributed by atoms with Gasteiger partial charge in [0.15, 0.2) is 0 Å². The van der Waals surface area contributed by atoms with Gasteiger partial charge in [0.2, 0.25) is 5.91 Å². The van der Waals surface area contributed by atoms with Gasteiger partial charge in [0.1, 0.15) is 5.75 Å². The quantitative estimate of drug-likeness (QED) is 0.833. The summed E-state index contributed by atoms with van der Waals surface area (Å²) in [6, 6.07) is 12.0. The molecule has 0 saturated heterocycles. The van der Waals surface area contributed by atoms with Crippen molar-refractivity contribution in [3.05, 3.63) is 63.1 Å². The van der Waals surface area contributed by atoms with Gasteiger partial charge in [0, 0.05) is 21.6 Å². The van der Waals surface area contributed by atoms with Crippen LogP contribution < -0.4 is 5.32 Å². The van der Waals surface area contributed by atoms with E-state index in [1.807, 2.05) is 6.07 Å². The molecule has 0 radical (unpaired) electrons. The van der Waals surface area contributed by atoms with Gasteiger partial charge in [-0.05, 0) is 29.8 Å². The van der Waals surface area contributed by atoms with Crippen molar-refractivity contribution < 1.29 is 9.00 Å². The Morgan fingerprint density at radius 3 is 2.55 bits per heavy atom. The van der Waals surface area contributed by atoms with E-state index in [1.54, 1.807) is 36.4 Å². The molecule has 1 amide bonds. The molecule has 0 spiro atoms. The lowest BCUT2D eigenvalue weighted by molar-refractivity contribution is -0.113. The smallest absolute Gasteiger partial charge is 0.237 e. The minimum atomic E-state index is -1.34. The first kappa shape index (κ1) is 17.3. The lowest BCUT2D eigenvalue weighted by Gasteiger charge is -2.08. The number of hydrogen-bond acceptors (Lipinski definition) is 2. The van der Waals surface area contributed by atoms with Crippen molar-refractivity contribution in [2.75, 3.05) is 11.1 Å². The lowest BCUT2D eigenvalue weighted by atomic mass is 10.2. The fourth-order valence-corrected chi connectivity index (χ4v) is 3.38. The maximum atomic E-state index is 12.0. The SMILES string of the molecule is O=C(CS(=O)Cc1cccc(Cl)c1)Nc1cccc(Cl)c1Cl. The summed E-state index contributed by atoms with van der Waals surface area (Å²) in [6.07, 6.45) is 0. The van der Waals surface area contributed by atoms with Gasteiger partial charge in [-0.3, -0.25) is 9.00 Å². The summed E-state index contributed by atoms with van der Waals surface area (Å²) in [7, 11) is -1.34. The van der Waals surface area contributed by atoms with Crippen LogP contribution in [-0.4, -0.2) is 15.9 Å². The fraction of sp³-hybridized carbons (Fsp3) is 0.133. The zero-order valence-corrected chi connectivity index (χ0v) is 14.4. The molecule has 2 rings (SSSR count). The Labute approximate surface area is 146 Å². The summed E-state index contributed by atoms with van der Waals surface area (Å²) in [5, 5.41) is 3.79. The molecule has 1 N–H and O–H groups in total.